The standard InChI is InChI=1S/C12H15N5O/c1-8-5-4-6-13-10(8)11(18)15-12(2,3)9-7-14-17-16-9/h4-7H,1-3H3,(H,15,18)(H,14,16,17). The van der Waals surface area contributed by atoms with E-state index in [-0.39, 0.29) is 5.91 Å². The number of pyridine rings is 1. The van der Waals surface area contributed by atoms with Crippen molar-refractivity contribution in [3.8, 4) is 0 Å². The third-order valence-corrected chi connectivity index (χ3v) is 2.71. The lowest BCUT2D eigenvalue weighted by Gasteiger charge is -2.23. The molecule has 0 aliphatic rings. The van der Waals surface area contributed by atoms with Gasteiger partial charge in [-0.3, -0.25) is 9.78 Å². The van der Waals surface area contributed by atoms with Gasteiger partial charge < -0.3 is 5.32 Å². The molecule has 94 valence electrons. The highest BCUT2D eigenvalue weighted by Gasteiger charge is 2.26. The Kier molecular flexibility index (Phi) is 3.10. The molecule has 0 saturated carbocycles. The summed E-state index contributed by atoms with van der Waals surface area (Å²) >= 11 is 0. The lowest BCUT2D eigenvalue weighted by atomic mass is 10.0. The monoisotopic (exact) mass is 245 g/mol. The van der Waals surface area contributed by atoms with Crippen LogP contribution in [0.2, 0.25) is 0 Å². The highest BCUT2D eigenvalue weighted by molar-refractivity contribution is 5.94. The minimum Gasteiger partial charge on any atom is -0.340 e. The van der Waals surface area contributed by atoms with Crippen molar-refractivity contribution in [2.24, 2.45) is 0 Å². The van der Waals surface area contributed by atoms with Crippen molar-refractivity contribution in [1.29, 1.82) is 0 Å². The molecule has 0 saturated heterocycles. The molecular formula is C12H15N5O. The van der Waals surface area contributed by atoms with E-state index in [0.717, 1.165) is 5.56 Å². The second-order valence-electron chi connectivity index (χ2n) is 4.60. The molecule has 2 aromatic rings. The number of rotatable bonds is 3. The molecule has 0 bridgehead atoms. The summed E-state index contributed by atoms with van der Waals surface area (Å²) in [7, 11) is 0. The van der Waals surface area contributed by atoms with Crippen LogP contribution in [-0.4, -0.2) is 26.3 Å². The predicted octanol–water partition coefficient (Wildman–Crippen LogP) is 1.17. The Morgan fingerprint density at radius 2 is 2.22 bits per heavy atom. The maximum Gasteiger partial charge on any atom is 0.270 e. The summed E-state index contributed by atoms with van der Waals surface area (Å²) in [6.45, 7) is 5.58. The number of nitrogens with one attached hydrogen (secondary N) is 2. The second-order valence-corrected chi connectivity index (χ2v) is 4.60. The summed E-state index contributed by atoms with van der Waals surface area (Å²) in [6, 6.07) is 3.65. The molecule has 0 aliphatic carbocycles. The molecule has 1 amide bonds. The van der Waals surface area contributed by atoms with Crippen molar-refractivity contribution in [3.63, 3.8) is 0 Å². The number of carbonyl (C=O) groups excluding carboxylic acids is 1. The first-order valence-corrected chi connectivity index (χ1v) is 5.61. The normalized spacial score (nSPS) is 11.3. The van der Waals surface area contributed by atoms with Gasteiger partial charge in [-0.2, -0.15) is 15.4 Å². The zero-order chi connectivity index (χ0) is 13.2. The number of amides is 1. The van der Waals surface area contributed by atoms with E-state index in [1.54, 1.807) is 18.5 Å². The quantitative estimate of drug-likeness (QED) is 0.850. The van der Waals surface area contributed by atoms with Crippen molar-refractivity contribution >= 4 is 5.91 Å². The van der Waals surface area contributed by atoms with Gasteiger partial charge in [0.15, 0.2) is 0 Å². The van der Waals surface area contributed by atoms with Gasteiger partial charge in [0, 0.05) is 6.20 Å². The van der Waals surface area contributed by atoms with E-state index in [2.05, 4.69) is 25.7 Å². The average Bonchev–Trinajstić information content (AvgIpc) is 2.82. The molecule has 0 atom stereocenters. The molecule has 18 heavy (non-hydrogen) atoms. The van der Waals surface area contributed by atoms with Crippen molar-refractivity contribution in [3.05, 3.63) is 41.5 Å². The predicted molar refractivity (Wildman–Crippen MR) is 65.8 cm³/mol. The van der Waals surface area contributed by atoms with Crippen LogP contribution in [0, 0.1) is 6.92 Å². The zero-order valence-electron chi connectivity index (χ0n) is 10.6. The van der Waals surface area contributed by atoms with Crippen LogP contribution in [-0.2, 0) is 5.54 Å². The zero-order valence-corrected chi connectivity index (χ0v) is 10.6. The highest BCUT2D eigenvalue weighted by atomic mass is 16.2. The largest absolute Gasteiger partial charge is 0.340 e. The topological polar surface area (TPSA) is 83.6 Å². The van der Waals surface area contributed by atoms with Crippen molar-refractivity contribution < 1.29 is 4.79 Å². The molecule has 2 N–H and O–H groups in total. The molecule has 0 unspecified atom stereocenters. The van der Waals surface area contributed by atoms with Crippen LogP contribution in [0.4, 0.5) is 0 Å². The van der Waals surface area contributed by atoms with Crippen LogP contribution >= 0.6 is 0 Å². The fourth-order valence-corrected chi connectivity index (χ4v) is 1.63. The number of hydrogen-bond acceptors (Lipinski definition) is 4. The Bertz CT molecular complexity index is 547. The van der Waals surface area contributed by atoms with Crippen LogP contribution in [0.5, 0.6) is 0 Å². The molecule has 0 radical (unpaired) electrons. The van der Waals surface area contributed by atoms with Crippen LogP contribution in [0.25, 0.3) is 0 Å². The number of aromatic amines is 1. The van der Waals surface area contributed by atoms with Crippen LogP contribution in [0.15, 0.2) is 24.5 Å². The molecule has 6 nitrogen and oxygen atoms in total. The number of hydrogen-bond donors (Lipinski definition) is 2. The smallest absolute Gasteiger partial charge is 0.270 e. The summed E-state index contributed by atoms with van der Waals surface area (Å²) in [6.07, 6.45) is 3.19. The third-order valence-electron chi connectivity index (χ3n) is 2.71. The number of carbonyl (C=O) groups is 1. The van der Waals surface area contributed by atoms with Crippen molar-refractivity contribution in [1.82, 2.24) is 25.7 Å². The van der Waals surface area contributed by atoms with E-state index in [1.165, 1.54) is 0 Å². The van der Waals surface area contributed by atoms with Crippen LogP contribution < -0.4 is 5.32 Å². The minimum absolute atomic E-state index is 0.221. The molecule has 2 heterocycles. The minimum atomic E-state index is -0.603. The average molecular weight is 245 g/mol. The van der Waals surface area contributed by atoms with Gasteiger partial charge in [-0.15, -0.1) is 0 Å². The summed E-state index contributed by atoms with van der Waals surface area (Å²) in [5.41, 5.74) is 1.33. The van der Waals surface area contributed by atoms with E-state index >= 15 is 0 Å². The van der Waals surface area contributed by atoms with Gasteiger partial charge in [0.25, 0.3) is 5.91 Å². The lowest BCUT2D eigenvalue weighted by molar-refractivity contribution is 0.0904. The SMILES string of the molecule is Cc1cccnc1C(=O)NC(C)(C)c1cn[nH]n1. The van der Waals surface area contributed by atoms with Gasteiger partial charge in [0.05, 0.1) is 11.7 Å². The second kappa shape index (κ2) is 4.56. The Morgan fingerprint density at radius 1 is 1.44 bits per heavy atom. The van der Waals surface area contributed by atoms with Gasteiger partial charge in [-0.25, -0.2) is 0 Å². The van der Waals surface area contributed by atoms with E-state index < -0.39 is 5.54 Å². The maximum absolute atomic E-state index is 12.1. The molecule has 6 heteroatoms. The fourth-order valence-electron chi connectivity index (χ4n) is 1.63. The summed E-state index contributed by atoms with van der Waals surface area (Å²) in [4.78, 5) is 16.2. The van der Waals surface area contributed by atoms with Crippen molar-refractivity contribution in [2.75, 3.05) is 0 Å². The van der Waals surface area contributed by atoms with Gasteiger partial charge in [0.2, 0.25) is 0 Å². The summed E-state index contributed by atoms with van der Waals surface area (Å²) in [5.74, 6) is -0.221. The first-order valence-electron chi connectivity index (χ1n) is 5.61. The van der Waals surface area contributed by atoms with E-state index in [0.29, 0.717) is 11.4 Å². The number of H-pyrrole nitrogens is 1. The van der Waals surface area contributed by atoms with E-state index in [4.69, 9.17) is 0 Å². The van der Waals surface area contributed by atoms with Gasteiger partial charge in [0.1, 0.15) is 11.4 Å². The molecule has 0 spiro atoms. The molecule has 2 aromatic heterocycles. The Labute approximate surface area is 105 Å². The number of nitrogens with zero attached hydrogens (tertiary/aromatic N) is 3. The molecule has 0 aliphatic heterocycles. The lowest BCUT2D eigenvalue weighted by Crippen LogP contribution is -2.41. The molecule has 0 fully saturated rings. The highest BCUT2D eigenvalue weighted by Crippen LogP contribution is 2.17. The molecule has 0 aromatic carbocycles. The van der Waals surface area contributed by atoms with Gasteiger partial charge in [-0.05, 0) is 32.4 Å². The number of aromatic nitrogens is 4. The summed E-state index contributed by atoms with van der Waals surface area (Å²) < 4.78 is 0. The third kappa shape index (κ3) is 2.37. The Balaban J connectivity index is 2.20. The van der Waals surface area contributed by atoms with Gasteiger partial charge in [-0.1, -0.05) is 6.07 Å². The van der Waals surface area contributed by atoms with Crippen LogP contribution in [0.1, 0.15) is 35.6 Å². The number of aryl methyl sites for hydroxylation is 1. The van der Waals surface area contributed by atoms with Crippen LogP contribution in [0.3, 0.4) is 0 Å². The Morgan fingerprint density at radius 3 is 2.83 bits per heavy atom. The van der Waals surface area contributed by atoms with Gasteiger partial charge >= 0.3 is 0 Å². The van der Waals surface area contributed by atoms with E-state index in [1.807, 2.05) is 26.8 Å². The fraction of sp³-hybridized carbons (Fsp3) is 0.333. The first-order chi connectivity index (χ1) is 8.50. The summed E-state index contributed by atoms with van der Waals surface area (Å²) in [5, 5.41) is 13.2. The maximum atomic E-state index is 12.1. The molecular weight excluding hydrogens is 230 g/mol. The molecule has 2 rings (SSSR count). The van der Waals surface area contributed by atoms with E-state index in [9.17, 15) is 4.79 Å². The Hall–Kier alpha value is -2.24. The first kappa shape index (κ1) is 12.2. The van der Waals surface area contributed by atoms with Crippen molar-refractivity contribution in [2.45, 2.75) is 26.3 Å².